The third-order valence-electron chi connectivity index (χ3n) is 2.52. The predicted molar refractivity (Wildman–Crippen MR) is 69.0 cm³/mol. The van der Waals surface area contributed by atoms with E-state index in [4.69, 9.17) is 4.74 Å². The highest BCUT2D eigenvalue weighted by Crippen LogP contribution is 2.23. The lowest BCUT2D eigenvalue weighted by molar-refractivity contribution is 0.102. The van der Waals surface area contributed by atoms with E-state index in [1.54, 1.807) is 19.1 Å². The fourth-order valence-corrected chi connectivity index (χ4v) is 1.60. The number of hydrogen-bond acceptors (Lipinski definition) is 2. The zero-order chi connectivity index (χ0) is 12.9. The van der Waals surface area contributed by atoms with Gasteiger partial charge in [0.05, 0.1) is 0 Å². The van der Waals surface area contributed by atoms with Crippen molar-refractivity contribution in [2.45, 2.75) is 39.7 Å². The Morgan fingerprint density at radius 2 is 2.06 bits per heavy atom. The molecular formula is C14H22FNO. The summed E-state index contributed by atoms with van der Waals surface area (Å²) in [4.78, 5) is 0. The van der Waals surface area contributed by atoms with Crippen LogP contribution in [0.5, 0.6) is 5.75 Å². The molecule has 1 rings (SSSR count). The van der Waals surface area contributed by atoms with Crippen LogP contribution in [-0.2, 0) is 0 Å². The van der Waals surface area contributed by atoms with Gasteiger partial charge in [-0.05, 0) is 45.4 Å². The summed E-state index contributed by atoms with van der Waals surface area (Å²) in [5, 5.41) is 3.28. The summed E-state index contributed by atoms with van der Waals surface area (Å²) >= 11 is 0. The van der Waals surface area contributed by atoms with Crippen molar-refractivity contribution in [2.75, 3.05) is 13.1 Å². The van der Waals surface area contributed by atoms with Crippen LogP contribution in [0.3, 0.4) is 0 Å². The average molecular weight is 239 g/mol. The van der Waals surface area contributed by atoms with Crippen LogP contribution in [0.2, 0.25) is 0 Å². The smallest absolute Gasteiger partial charge is 0.167 e. The molecule has 0 heterocycles. The molecule has 0 saturated heterocycles. The molecule has 0 aliphatic carbocycles. The van der Waals surface area contributed by atoms with E-state index in [0.29, 0.717) is 17.9 Å². The Bertz CT molecular complexity index is 363. The van der Waals surface area contributed by atoms with E-state index in [2.05, 4.69) is 12.2 Å². The van der Waals surface area contributed by atoms with Crippen molar-refractivity contribution >= 4 is 0 Å². The number of halogens is 1. The first-order valence-electron chi connectivity index (χ1n) is 6.11. The van der Waals surface area contributed by atoms with Crippen LogP contribution in [0.1, 0.15) is 32.8 Å². The van der Waals surface area contributed by atoms with Gasteiger partial charge in [-0.25, -0.2) is 4.39 Å². The van der Waals surface area contributed by atoms with Crippen LogP contribution >= 0.6 is 0 Å². The maximum absolute atomic E-state index is 13.8. The normalized spacial score (nSPS) is 11.6. The Morgan fingerprint density at radius 3 is 2.71 bits per heavy atom. The standard InChI is InChI=1S/C14H22FNO/c1-5-9-16-10-14(3,4)17-12-8-6-7-11(2)13(12)15/h6-8,16H,5,9-10H2,1-4H3. The topological polar surface area (TPSA) is 21.3 Å². The second-order valence-corrected chi connectivity index (χ2v) is 4.93. The van der Waals surface area contributed by atoms with Crippen LogP contribution in [0.4, 0.5) is 4.39 Å². The fraction of sp³-hybridized carbons (Fsp3) is 0.571. The van der Waals surface area contributed by atoms with E-state index in [-0.39, 0.29) is 5.82 Å². The minimum atomic E-state index is -0.413. The molecular weight excluding hydrogens is 217 g/mol. The number of nitrogens with one attached hydrogen (secondary N) is 1. The molecule has 0 aliphatic rings. The molecule has 17 heavy (non-hydrogen) atoms. The summed E-state index contributed by atoms with van der Waals surface area (Å²) in [6.07, 6.45) is 1.08. The third-order valence-corrected chi connectivity index (χ3v) is 2.52. The Hall–Kier alpha value is -1.09. The number of aryl methyl sites for hydroxylation is 1. The second kappa shape index (κ2) is 6.01. The molecule has 96 valence electrons. The average Bonchev–Trinajstić information content (AvgIpc) is 2.25. The first kappa shape index (κ1) is 14.0. The molecule has 0 amide bonds. The molecule has 3 heteroatoms. The van der Waals surface area contributed by atoms with Crippen molar-refractivity contribution in [1.29, 1.82) is 0 Å². The molecule has 1 aromatic rings. The van der Waals surface area contributed by atoms with Gasteiger partial charge in [0.15, 0.2) is 11.6 Å². The van der Waals surface area contributed by atoms with Crippen LogP contribution in [0.25, 0.3) is 0 Å². The summed E-state index contributed by atoms with van der Waals surface area (Å²) in [6, 6.07) is 5.22. The van der Waals surface area contributed by atoms with Gasteiger partial charge in [0.2, 0.25) is 0 Å². The molecule has 2 nitrogen and oxygen atoms in total. The van der Waals surface area contributed by atoms with E-state index in [9.17, 15) is 4.39 Å². The van der Waals surface area contributed by atoms with Crippen molar-refractivity contribution in [2.24, 2.45) is 0 Å². The highest BCUT2D eigenvalue weighted by molar-refractivity contribution is 5.30. The van der Waals surface area contributed by atoms with Crippen LogP contribution in [-0.4, -0.2) is 18.7 Å². The molecule has 0 fully saturated rings. The number of hydrogen-bond donors (Lipinski definition) is 1. The van der Waals surface area contributed by atoms with Gasteiger partial charge in [0.1, 0.15) is 5.60 Å². The van der Waals surface area contributed by atoms with Crippen molar-refractivity contribution in [3.63, 3.8) is 0 Å². The van der Waals surface area contributed by atoms with E-state index in [1.807, 2.05) is 19.9 Å². The van der Waals surface area contributed by atoms with E-state index < -0.39 is 5.60 Å². The van der Waals surface area contributed by atoms with Gasteiger partial charge in [-0.2, -0.15) is 0 Å². The predicted octanol–water partition coefficient (Wildman–Crippen LogP) is 3.29. The number of rotatable bonds is 6. The summed E-state index contributed by atoms with van der Waals surface area (Å²) in [5.41, 5.74) is 0.198. The lowest BCUT2D eigenvalue weighted by Crippen LogP contribution is -2.40. The van der Waals surface area contributed by atoms with Crippen molar-refractivity contribution in [3.05, 3.63) is 29.6 Å². The molecule has 0 radical (unpaired) electrons. The lowest BCUT2D eigenvalue weighted by atomic mass is 10.1. The van der Waals surface area contributed by atoms with Gasteiger partial charge in [-0.1, -0.05) is 19.1 Å². The highest BCUT2D eigenvalue weighted by atomic mass is 19.1. The molecule has 0 saturated carbocycles. The molecule has 1 N–H and O–H groups in total. The quantitative estimate of drug-likeness (QED) is 0.769. The van der Waals surface area contributed by atoms with Gasteiger partial charge in [-0.15, -0.1) is 0 Å². The van der Waals surface area contributed by atoms with Gasteiger partial charge in [0, 0.05) is 6.54 Å². The van der Waals surface area contributed by atoms with Gasteiger partial charge < -0.3 is 10.1 Å². The summed E-state index contributed by atoms with van der Waals surface area (Å²) < 4.78 is 19.5. The first-order chi connectivity index (χ1) is 7.96. The van der Waals surface area contributed by atoms with E-state index in [0.717, 1.165) is 13.0 Å². The molecule has 0 aliphatic heterocycles. The second-order valence-electron chi connectivity index (χ2n) is 4.93. The summed E-state index contributed by atoms with van der Waals surface area (Å²) in [7, 11) is 0. The Labute approximate surface area is 103 Å². The SMILES string of the molecule is CCCNCC(C)(C)Oc1cccc(C)c1F. The minimum Gasteiger partial charge on any atom is -0.483 e. The number of ether oxygens (including phenoxy) is 1. The molecule has 1 aromatic carbocycles. The zero-order valence-electron chi connectivity index (χ0n) is 11.1. The fourth-order valence-electron chi connectivity index (χ4n) is 1.60. The Kier molecular flexibility index (Phi) is 4.94. The first-order valence-corrected chi connectivity index (χ1v) is 6.11. The van der Waals surface area contributed by atoms with E-state index in [1.165, 1.54) is 0 Å². The van der Waals surface area contributed by atoms with Gasteiger partial charge >= 0.3 is 0 Å². The van der Waals surface area contributed by atoms with Gasteiger partial charge in [0.25, 0.3) is 0 Å². The monoisotopic (exact) mass is 239 g/mol. The third kappa shape index (κ3) is 4.35. The van der Waals surface area contributed by atoms with Crippen LogP contribution < -0.4 is 10.1 Å². The maximum Gasteiger partial charge on any atom is 0.167 e. The molecule has 0 bridgehead atoms. The maximum atomic E-state index is 13.8. The Morgan fingerprint density at radius 1 is 1.35 bits per heavy atom. The lowest BCUT2D eigenvalue weighted by Gasteiger charge is -2.27. The van der Waals surface area contributed by atoms with Gasteiger partial charge in [-0.3, -0.25) is 0 Å². The number of benzene rings is 1. The zero-order valence-corrected chi connectivity index (χ0v) is 11.1. The minimum absolute atomic E-state index is 0.268. The van der Waals surface area contributed by atoms with Crippen molar-refractivity contribution < 1.29 is 9.13 Å². The van der Waals surface area contributed by atoms with Crippen LogP contribution in [0, 0.1) is 12.7 Å². The highest BCUT2D eigenvalue weighted by Gasteiger charge is 2.21. The molecule has 0 spiro atoms. The summed E-state index contributed by atoms with van der Waals surface area (Å²) in [5.74, 6) is 0.0596. The van der Waals surface area contributed by atoms with Crippen molar-refractivity contribution in [3.8, 4) is 5.75 Å². The largest absolute Gasteiger partial charge is 0.483 e. The Balaban J connectivity index is 2.65. The van der Waals surface area contributed by atoms with Crippen molar-refractivity contribution in [1.82, 2.24) is 5.32 Å². The van der Waals surface area contributed by atoms with E-state index >= 15 is 0 Å². The molecule has 0 aromatic heterocycles. The molecule has 0 unspecified atom stereocenters. The summed E-state index contributed by atoms with van der Waals surface area (Å²) in [6.45, 7) is 9.41. The van der Waals surface area contributed by atoms with Crippen LogP contribution in [0.15, 0.2) is 18.2 Å². The molecule has 0 atom stereocenters.